The van der Waals surface area contributed by atoms with Gasteiger partial charge in [-0.25, -0.2) is 4.79 Å². The predicted octanol–water partition coefficient (Wildman–Crippen LogP) is 0.550. The lowest BCUT2D eigenvalue weighted by Crippen LogP contribution is -2.24. The summed E-state index contributed by atoms with van der Waals surface area (Å²) in [7, 11) is 0. The molecule has 0 saturated heterocycles. The Balaban J connectivity index is 3.05. The third-order valence-corrected chi connectivity index (χ3v) is 1.93. The summed E-state index contributed by atoms with van der Waals surface area (Å²) in [6.07, 6.45) is 1.28. The third kappa shape index (κ3) is 2.26. The molecule has 1 aromatic carbocycles. The van der Waals surface area contributed by atoms with E-state index in [0.717, 1.165) is 0 Å². The Morgan fingerprint density at radius 2 is 2.00 bits per heavy atom. The smallest absolute Gasteiger partial charge is 0.238 e. The zero-order valence-corrected chi connectivity index (χ0v) is 7.55. The maximum absolute atomic E-state index is 10.1. The molecule has 0 amide bonds. The molecule has 0 fully saturated rings. The third-order valence-electron chi connectivity index (χ3n) is 1.93. The lowest BCUT2D eigenvalue weighted by Gasteiger charge is -2.20. The van der Waals surface area contributed by atoms with Crippen LogP contribution in [-0.4, -0.2) is 22.9 Å². The second-order valence-corrected chi connectivity index (χ2v) is 2.86. The Labute approximate surface area is 81.5 Å². The first-order valence-corrected chi connectivity index (χ1v) is 4.21. The van der Waals surface area contributed by atoms with E-state index < -0.39 is 5.72 Å². The first-order valence-electron chi connectivity index (χ1n) is 4.21. The van der Waals surface area contributed by atoms with Crippen molar-refractivity contribution in [2.75, 3.05) is 6.61 Å². The quantitative estimate of drug-likeness (QED) is 0.542. The monoisotopic (exact) mass is 193 g/mol. The largest absolute Gasteiger partial charge is 0.396 e. The van der Waals surface area contributed by atoms with Crippen LogP contribution in [0.5, 0.6) is 0 Å². The summed E-state index contributed by atoms with van der Waals surface area (Å²) in [5.74, 6) is 0. The van der Waals surface area contributed by atoms with E-state index in [9.17, 15) is 9.90 Å². The van der Waals surface area contributed by atoms with Gasteiger partial charge in [-0.3, -0.25) is 0 Å². The van der Waals surface area contributed by atoms with Crippen molar-refractivity contribution in [1.82, 2.24) is 0 Å². The summed E-state index contributed by atoms with van der Waals surface area (Å²) < 4.78 is 0. The summed E-state index contributed by atoms with van der Waals surface area (Å²) in [4.78, 5) is 13.4. The lowest BCUT2D eigenvalue weighted by molar-refractivity contribution is 0.0203. The van der Waals surface area contributed by atoms with Crippen molar-refractivity contribution < 1.29 is 15.0 Å². The molecule has 1 aromatic rings. The molecule has 0 aliphatic carbocycles. The van der Waals surface area contributed by atoms with Gasteiger partial charge in [0, 0.05) is 18.6 Å². The number of carbonyl (C=O) groups excluding carboxylic acids is 1. The molecule has 1 rings (SSSR count). The zero-order chi connectivity index (χ0) is 10.4. The number of isocyanates is 1. The fourth-order valence-electron chi connectivity index (χ4n) is 1.20. The highest BCUT2D eigenvalue weighted by molar-refractivity contribution is 5.36. The van der Waals surface area contributed by atoms with Crippen LogP contribution in [0, 0.1) is 0 Å². The van der Waals surface area contributed by atoms with E-state index in [1.807, 2.05) is 0 Å². The van der Waals surface area contributed by atoms with Gasteiger partial charge in [-0.05, 0) is 0 Å². The molecule has 0 radical (unpaired) electrons. The highest BCUT2D eigenvalue weighted by Gasteiger charge is 2.27. The molecule has 0 aliphatic rings. The summed E-state index contributed by atoms with van der Waals surface area (Å²) in [5.41, 5.74) is -1.19. The molecule has 0 aliphatic heterocycles. The average molecular weight is 193 g/mol. The number of hydrogen-bond donors (Lipinski definition) is 2. The van der Waals surface area contributed by atoms with Crippen molar-refractivity contribution in [3.63, 3.8) is 0 Å². The van der Waals surface area contributed by atoms with Gasteiger partial charge in [0.1, 0.15) is 0 Å². The van der Waals surface area contributed by atoms with Crippen LogP contribution in [0.25, 0.3) is 0 Å². The Morgan fingerprint density at radius 1 is 1.36 bits per heavy atom. The van der Waals surface area contributed by atoms with Crippen LogP contribution in [0.1, 0.15) is 12.0 Å². The first-order chi connectivity index (χ1) is 6.73. The minimum absolute atomic E-state index is 0.0216. The van der Waals surface area contributed by atoms with E-state index in [1.54, 1.807) is 30.3 Å². The number of rotatable bonds is 4. The van der Waals surface area contributed by atoms with Crippen molar-refractivity contribution >= 4 is 6.08 Å². The van der Waals surface area contributed by atoms with Crippen molar-refractivity contribution in [1.29, 1.82) is 0 Å². The van der Waals surface area contributed by atoms with Gasteiger partial charge in [0.2, 0.25) is 6.08 Å². The predicted molar refractivity (Wildman–Crippen MR) is 50.2 cm³/mol. The molecule has 1 atom stereocenters. The van der Waals surface area contributed by atoms with Crippen molar-refractivity contribution in [3.8, 4) is 0 Å². The van der Waals surface area contributed by atoms with Crippen molar-refractivity contribution in [2.24, 2.45) is 4.99 Å². The number of aliphatic hydroxyl groups is 2. The maximum Gasteiger partial charge on any atom is 0.238 e. The van der Waals surface area contributed by atoms with Gasteiger partial charge < -0.3 is 10.2 Å². The molecule has 4 nitrogen and oxygen atoms in total. The summed E-state index contributed by atoms with van der Waals surface area (Å²) in [6.45, 7) is -0.253. The summed E-state index contributed by atoms with van der Waals surface area (Å²) >= 11 is 0. The van der Waals surface area contributed by atoms with Gasteiger partial charge in [-0.1, -0.05) is 30.3 Å². The highest BCUT2D eigenvalue weighted by Crippen LogP contribution is 2.25. The Hall–Kier alpha value is -1.48. The van der Waals surface area contributed by atoms with Crippen LogP contribution >= 0.6 is 0 Å². The standard InChI is InChI=1S/C10H11NO3/c12-7-6-10(14,11-8-13)9-4-2-1-3-5-9/h1-5,12,14H,6-7H2. The van der Waals surface area contributed by atoms with Gasteiger partial charge in [0.25, 0.3) is 0 Å². The maximum atomic E-state index is 10.1. The second kappa shape index (κ2) is 4.67. The lowest BCUT2D eigenvalue weighted by atomic mass is 10.0. The van der Waals surface area contributed by atoms with E-state index in [-0.39, 0.29) is 13.0 Å². The van der Waals surface area contributed by atoms with Gasteiger partial charge in [0.15, 0.2) is 5.72 Å². The van der Waals surface area contributed by atoms with Gasteiger partial charge >= 0.3 is 0 Å². The number of nitrogens with zero attached hydrogens (tertiary/aromatic N) is 1. The van der Waals surface area contributed by atoms with Crippen LogP contribution < -0.4 is 0 Å². The molecular formula is C10H11NO3. The van der Waals surface area contributed by atoms with Crippen molar-refractivity contribution in [3.05, 3.63) is 35.9 Å². The molecule has 0 spiro atoms. The zero-order valence-electron chi connectivity index (χ0n) is 7.55. The molecule has 0 saturated carbocycles. The van der Waals surface area contributed by atoms with Crippen LogP contribution in [0.4, 0.5) is 0 Å². The molecule has 0 heterocycles. The number of aliphatic imine (C=N–C) groups is 1. The van der Waals surface area contributed by atoms with Gasteiger partial charge in [-0.2, -0.15) is 4.99 Å². The molecular weight excluding hydrogens is 182 g/mol. The van der Waals surface area contributed by atoms with E-state index >= 15 is 0 Å². The van der Waals surface area contributed by atoms with Crippen LogP contribution in [0.15, 0.2) is 35.3 Å². The fourth-order valence-corrected chi connectivity index (χ4v) is 1.20. The first kappa shape index (κ1) is 10.6. The number of benzene rings is 1. The molecule has 4 heteroatoms. The Morgan fingerprint density at radius 3 is 2.50 bits per heavy atom. The summed E-state index contributed by atoms with van der Waals surface area (Å²) in [5, 5.41) is 18.6. The Kier molecular flexibility index (Phi) is 3.54. The van der Waals surface area contributed by atoms with Crippen LogP contribution in [-0.2, 0) is 10.5 Å². The normalized spacial score (nSPS) is 14.1. The van der Waals surface area contributed by atoms with Gasteiger partial charge in [0.05, 0.1) is 0 Å². The van der Waals surface area contributed by atoms with E-state index in [4.69, 9.17) is 5.11 Å². The topological polar surface area (TPSA) is 69.9 Å². The SMILES string of the molecule is O=C=NC(O)(CCO)c1ccccc1. The molecule has 1 unspecified atom stereocenters. The van der Waals surface area contributed by atoms with E-state index in [1.165, 1.54) is 6.08 Å². The molecule has 14 heavy (non-hydrogen) atoms. The fraction of sp³-hybridized carbons (Fsp3) is 0.300. The van der Waals surface area contributed by atoms with E-state index in [2.05, 4.69) is 4.99 Å². The molecule has 2 N–H and O–H groups in total. The second-order valence-electron chi connectivity index (χ2n) is 2.86. The Bertz CT molecular complexity index is 332. The molecule has 74 valence electrons. The number of hydrogen-bond acceptors (Lipinski definition) is 4. The van der Waals surface area contributed by atoms with E-state index in [0.29, 0.717) is 5.56 Å². The minimum Gasteiger partial charge on any atom is -0.396 e. The van der Waals surface area contributed by atoms with Crippen molar-refractivity contribution in [2.45, 2.75) is 12.1 Å². The molecule has 0 bridgehead atoms. The van der Waals surface area contributed by atoms with Gasteiger partial charge in [-0.15, -0.1) is 0 Å². The van der Waals surface area contributed by atoms with Crippen LogP contribution in [0.3, 0.4) is 0 Å². The average Bonchev–Trinajstić information content (AvgIpc) is 2.20. The van der Waals surface area contributed by atoms with Crippen LogP contribution in [0.2, 0.25) is 0 Å². The highest BCUT2D eigenvalue weighted by atomic mass is 16.3. The molecule has 0 aromatic heterocycles. The minimum atomic E-state index is -1.65. The number of aliphatic hydroxyl groups excluding tert-OH is 1. The summed E-state index contributed by atoms with van der Waals surface area (Å²) in [6, 6.07) is 8.50.